The number of rotatable bonds is 3. The highest BCUT2D eigenvalue weighted by Crippen LogP contribution is 2.35. The summed E-state index contributed by atoms with van der Waals surface area (Å²) in [5.41, 5.74) is 0.628. The predicted octanol–water partition coefficient (Wildman–Crippen LogP) is 0.908. The van der Waals surface area contributed by atoms with Gasteiger partial charge in [-0.1, -0.05) is 0 Å². The van der Waals surface area contributed by atoms with Crippen molar-refractivity contribution in [1.29, 1.82) is 0 Å². The average molecular weight is 326 g/mol. The molecule has 24 heavy (non-hydrogen) atoms. The number of carbonyl (C=O) groups is 1. The Hall–Kier alpha value is -2.28. The first-order valence-electron chi connectivity index (χ1n) is 8.47. The lowest BCUT2D eigenvalue weighted by atomic mass is 9.92. The molecule has 7 heteroatoms. The number of fused-ring (bicyclic) bond motifs is 1. The van der Waals surface area contributed by atoms with Crippen molar-refractivity contribution in [3.63, 3.8) is 0 Å². The van der Waals surface area contributed by atoms with E-state index in [9.17, 15) is 4.79 Å². The van der Waals surface area contributed by atoms with Gasteiger partial charge in [-0.05, 0) is 37.9 Å². The summed E-state index contributed by atoms with van der Waals surface area (Å²) in [5.74, 6) is 0.601. The van der Waals surface area contributed by atoms with Gasteiger partial charge < -0.3 is 4.90 Å². The molecule has 0 N–H and O–H groups in total. The summed E-state index contributed by atoms with van der Waals surface area (Å²) >= 11 is 0. The van der Waals surface area contributed by atoms with Gasteiger partial charge >= 0.3 is 0 Å². The van der Waals surface area contributed by atoms with Crippen molar-refractivity contribution >= 4 is 5.91 Å². The maximum Gasteiger partial charge on any atom is 0.255 e. The molecule has 0 saturated carbocycles. The van der Waals surface area contributed by atoms with E-state index in [4.69, 9.17) is 0 Å². The SMILES string of the molecule is CN1[C@@H](Cn2cccn2)C[C@H]2CN(C(=O)c3ccnnc3)CC[C@H]21. The highest BCUT2D eigenvalue weighted by molar-refractivity contribution is 5.93. The van der Waals surface area contributed by atoms with Gasteiger partial charge in [0.15, 0.2) is 0 Å². The summed E-state index contributed by atoms with van der Waals surface area (Å²) in [6.07, 6.45) is 9.10. The molecule has 0 radical (unpaired) electrons. The molecule has 0 aromatic carbocycles. The van der Waals surface area contributed by atoms with Crippen molar-refractivity contribution in [3.8, 4) is 0 Å². The highest BCUT2D eigenvalue weighted by Gasteiger charge is 2.43. The Morgan fingerprint density at radius 2 is 2.25 bits per heavy atom. The zero-order valence-electron chi connectivity index (χ0n) is 13.8. The molecule has 0 aliphatic carbocycles. The van der Waals surface area contributed by atoms with E-state index in [1.807, 2.05) is 28.0 Å². The maximum atomic E-state index is 12.6. The molecule has 2 aliphatic rings. The van der Waals surface area contributed by atoms with Crippen LogP contribution < -0.4 is 0 Å². The summed E-state index contributed by atoms with van der Waals surface area (Å²) < 4.78 is 2.00. The number of nitrogens with zero attached hydrogens (tertiary/aromatic N) is 6. The van der Waals surface area contributed by atoms with E-state index in [-0.39, 0.29) is 5.91 Å². The molecule has 3 atom stereocenters. The minimum Gasteiger partial charge on any atom is -0.338 e. The lowest BCUT2D eigenvalue weighted by molar-refractivity contribution is 0.0606. The molecule has 1 amide bonds. The smallest absolute Gasteiger partial charge is 0.255 e. The summed E-state index contributed by atoms with van der Waals surface area (Å²) in [7, 11) is 2.21. The second kappa shape index (κ2) is 6.32. The Morgan fingerprint density at radius 1 is 1.33 bits per heavy atom. The van der Waals surface area contributed by atoms with Crippen LogP contribution in [0, 0.1) is 5.92 Å². The standard InChI is InChI=1S/C17H22N6O/c1-21-15(12-23-7-2-5-20-23)9-14-11-22(8-4-16(14)21)17(24)13-3-6-18-19-10-13/h2-3,5-7,10,14-16H,4,8-9,11-12H2,1H3/t14-,15+,16+/m0/s1. The fourth-order valence-corrected chi connectivity index (χ4v) is 4.19. The monoisotopic (exact) mass is 326 g/mol. The van der Waals surface area contributed by atoms with E-state index >= 15 is 0 Å². The lowest BCUT2D eigenvalue weighted by Crippen LogP contribution is -2.47. The minimum atomic E-state index is 0.0709. The van der Waals surface area contributed by atoms with E-state index in [0.717, 1.165) is 32.5 Å². The van der Waals surface area contributed by atoms with Gasteiger partial charge in [-0.25, -0.2) is 0 Å². The van der Waals surface area contributed by atoms with Crippen LogP contribution in [0.2, 0.25) is 0 Å². The van der Waals surface area contributed by atoms with Crippen LogP contribution in [0.15, 0.2) is 36.9 Å². The van der Waals surface area contributed by atoms with Crippen molar-refractivity contribution in [2.24, 2.45) is 5.92 Å². The zero-order valence-corrected chi connectivity index (χ0v) is 13.8. The van der Waals surface area contributed by atoms with Gasteiger partial charge in [0.25, 0.3) is 5.91 Å². The van der Waals surface area contributed by atoms with Gasteiger partial charge in [0.2, 0.25) is 0 Å². The van der Waals surface area contributed by atoms with E-state index < -0.39 is 0 Å². The topological polar surface area (TPSA) is 67.2 Å². The fraction of sp³-hybridized carbons (Fsp3) is 0.529. The van der Waals surface area contributed by atoms with Crippen LogP contribution in [-0.4, -0.2) is 67.9 Å². The molecule has 2 aliphatic heterocycles. The van der Waals surface area contributed by atoms with Crippen molar-refractivity contribution in [2.45, 2.75) is 31.5 Å². The van der Waals surface area contributed by atoms with Gasteiger partial charge in [0.05, 0.1) is 24.5 Å². The molecular weight excluding hydrogens is 304 g/mol. The molecule has 0 unspecified atom stereocenters. The number of carbonyl (C=O) groups excluding carboxylic acids is 1. The van der Waals surface area contributed by atoms with Crippen LogP contribution in [0.5, 0.6) is 0 Å². The van der Waals surface area contributed by atoms with Gasteiger partial charge in [0.1, 0.15) is 0 Å². The van der Waals surface area contributed by atoms with Crippen molar-refractivity contribution in [3.05, 3.63) is 42.5 Å². The number of likely N-dealkylation sites (tertiary alicyclic amines) is 2. The number of aromatic nitrogens is 4. The third kappa shape index (κ3) is 2.80. The summed E-state index contributed by atoms with van der Waals surface area (Å²) in [5, 5.41) is 11.9. The van der Waals surface area contributed by atoms with Crippen molar-refractivity contribution in [2.75, 3.05) is 20.1 Å². The van der Waals surface area contributed by atoms with Crippen LogP contribution >= 0.6 is 0 Å². The van der Waals surface area contributed by atoms with E-state index in [1.165, 1.54) is 0 Å². The largest absolute Gasteiger partial charge is 0.338 e. The Labute approximate surface area is 141 Å². The number of amides is 1. The molecule has 2 aromatic heterocycles. The highest BCUT2D eigenvalue weighted by atomic mass is 16.2. The first-order valence-corrected chi connectivity index (χ1v) is 8.47. The van der Waals surface area contributed by atoms with Gasteiger partial charge in [0, 0.05) is 37.6 Å². The molecule has 4 rings (SSSR count). The normalized spacial score (nSPS) is 27.2. The molecular formula is C17H22N6O. The summed E-state index contributed by atoms with van der Waals surface area (Å²) in [4.78, 5) is 17.1. The Bertz CT molecular complexity index is 688. The van der Waals surface area contributed by atoms with Crippen LogP contribution in [0.3, 0.4) is 0 Å². The minimum absolute atomic E-state index is 0.0709. The number of hydrogen-bond donors (Lipinski definition) is 0. The third-order valence-corrected chi connectivity index (χ3v) is 5.44. The zero-order chi connectivity index (χ0) is 16.5. The van der Waals surface area contributed by atoms with Crippen LogP contribution in [0.4, 0.5) is 0 Å². The second-order valence-corrected chi connectivity index (χ2v) is 6.78. The van der Waals surface area contributed by atoms with Crippen LogP contribution in [0.25, 0.3) is 0 Å². The Kier molecular flexibility index (Phi) is 4.02. The van der Waals surface area contributed by atoms with E-state index in [2.05, 4.69) is 27.2 Å². The summed E-state index contributed by atoms with van der Waals surface area (Å²) in [6, 6.07) is 4.75. The van der Waals surface area contributed by atoms with Crippen LogP contribution in [-0.2, 0) is 6.54 Å². The fourth-order valence-electron chi connectivity index (χ4n) is 4.19. The van der Waals surface area contributed by atoms with Crippen molar-refractivity contribution < 1.29 is 4.79 Å². The molecule has 126 valence electrons. The average Bonchev–Trinajstić information content (AvgIpc) is 3.24. The van der Waals surface area contributed by atoms with E-state index in [0.29, 0.717) is 23.6 Å². The molecule has 2 aromatic rings. The number of piperidine rings is 1. The van der Waals surface area contributed by atoms with Gasteiger partial charge in [-0.2, -0.15) is 15.3 Å². The molecule has 4 heterocycles. The van der Waals surface area contributed by atoms with Crippen LogP contribution in [0.1, 0.15) is 23.2 Å². The first-order chi connectivity index (χ1) is 11.7. The molecule has 0 bridgehead atoms. The number of likely N-dealkylation sites (N-methyl/N-ethyl adjacent to an activating group) is 1. The molecule has 2 saturated heterocycles. The molecule has 2 fully saturated rings. The molecule has 7 nitrogen and oxygen atoms in total. The Balaban J connectivity index is 1.43. The molecule has 0 spiro atoms. The first kappa shape index (κ1) is 15.3. The Morgan fingerprint density at radius 3 is 3.00 bits per heavy atom. The quantitative estimate of drug-likeness (QED) is 0.839. The maximum absolute atomic E-state index is 12.6. The predicted molar refractivity (Wildman–Crippen MR) is 88.2 cm³/mol. The van der Waals surface area contributed by atoms with E-state index in [1.54, 1.807) is 18.5 Å². The second-order valence-electron chi connectivity index (χ2n) is 6.78. The third-order valence-electron chi connectivity index (χ3n) is 5.44. The summed E-state index contributed by atoms with van der Waals surface area (Å²) in [6.45, 7) is 2.55. The van der Waals surface area contributed by atoms with Crippen molar-refractivity contribution in [1.82, 2.24) is 29.8 Å². The van der Waals surface area contributed by atoms with Gasteiger partial charge in [-0.15, -0.1) is 0 Å². The lowest BCUT2D eigenvalue weighted by Gasteiger charge is -2.37. The number of hydrogen-bond acceptors (Lipinski definition) is 5. The van der Waals surface area contributed by atoms with Gasteiger partial charge in [-0.3, -0.25) is 14.4 Å².